The minimum atomic E-state index is 0.788. The van der Waals surface area contributed by atoms with Gasteiger partial charge in [-0.1, -0.05) is 96.8 Å². The second-order valence-corrected chi connectivity index (χ2v) is 8.13. The van der Waals surface area contributed by atoms with E-state index in [1.54, 1.807) is 6.08 Å². The molecule has 0 unspecified atom stereocenters. The predicted molar refractivity (Wildman–Crippen MR) is 114 cm³/mol. The highest BCUT2D eigenvalue weighted by Crippen LogP contribution is 2.21. The Labute approximate surface area is 156 Å². The third kappa shape index (κ3) is 17.4. The molecule has 0 radical (unpaired) electrons. The van der Waals surface area contributed by atoms with Crippen molar-refractivity contribution in [3.05, 3.63) is 60.2 Å². The van der Waals surface area contributed by atoms with Gasteiger partial charge in [-0.2, -0.15) is 0 Å². The van der Waals surface area contributed by atoms with Crippen LogP contribution in [0.3, 0.4) is 0 Å². The van der Waals surface area contributed by atoms with E-state index in [1.807, 2.05) is 27.7 Å². The lowest BCUT2D eigenvalue weighted by atomic mass is 10.1. The normalized spacial score (nSPS) is 10.8. The number of allylic oxidation sites excluding steroid dienone is 4. The first kappa shape index (κ1) is 23.1. The van der Waals surface area contributed by atoms with Crippen LogP contribution in [-0.4, -0.2) is 17.8 Å². The number of aldehydes is 1. The van der Waals surface area contributed by atoms with E-state index in [9.17, 15) is 4.79 Å². The SMILES string of the molecule is CCCCCC=CC=CC=O.CCSSCCCc1ccccc1. The maximum Gasteiger partial charge on any atom is 0.142 e. The molecule has 0 aromatic heterocycles. The van der Waals surface area contributed by atoms with E-state index >= 15 is 0 Å². The Balaban J connectivity index is 0.000000449. The van der Waals surface area contributed by atoms with Crippen LogP contribution in [0.15, 0.2) is 54.6 Å². The molecular weight excluding hydrogens is 332 g/mol. The minimum absolute atomic E-state index is 0.788. The molecule has 1 aromatic carbocycles. The third-order valence-corrected chi connectivity index (χ3v) is 5.71. The van der Waals surface area contributed by atoms with Crippen molar-refractivity contribution in [2.24, 2.45) is 0 Å². The van der Waals surface area contributed by atoms with Gasteiger partial charge in [0.25, 0.3) is 0 Å². The van der Waals surface area contributed by atoms with Crippen LogP contribution >= 0.6 is 21.6 Å². The number of unbranched alkanes of at least 4 members (excludes halogenated alkanes) is 3. The van der Waals surface area contributed by atoms with E-state index in [0.717, 1.165) is 12.7 Å². The van der Waals surface area contributed by atoms with Crippen LogP contribution in [0.2, 0.25) is 0 Å². The van der Waals surface area contributed by atoms with Gasteiger partial charge in [-0.3, -0.25) is 4.79 Å². The van der Waals surface area contributed by atoms with Crippen molar-refractivity contribution in [2.75, 3.05) is 11.5 Å². The molecule has 0 spiro atoms. The van der Waals surface area contributed by atoms with Crippen molar-refractivity contribution in [1.29, 1.82) is 0 Å². The van der Waals surface area contributed by atoms with E-state index in [2.05, 4.69) is 50.3 Å². The maximum absolute atomic E-state index is 9.82. The molecule has 0 atom stereocenters. The van der Waals surface area contributed by atoms with Gasteiger partial charge in [-0.05, 0) is 37.3 Å². The summed E-state index contributed by atoms with van der Waals surface area (Å²) in [7, 11) is 3.95. The Hall–Kier alpha value is -0.930. The van der Waals surface area contributed by atoms with Gasteiger partial charge in [0.15, 0.2) is 0 Å². The highest BCUT2D eigenvalue weighted by Gasteiger charge is 1.92. The number of aryl methyl sites for hydroxylation is 1. The molecule has 0 heterocycles. The van der Waals surface area contributed by atoms with Crippen molar-refractivity contribution in [3.63, 3.8) is 0 Å². The van der Waals surface area contributed by atoms with Crippen molar-refractivity contribution >= 4 is 27.9 Å². The monoisotopic (exact) mass is 364 g/mol. The largest absolute Gasteiger partial charge is 0.299 e. The molecule has 0 aliphatic rings. The second kappa shape index (κ2) is 20.1. The smallest absolute Gasteiger partial charge is 0.142 e. The molecule has 0 N–H and O–H groups in total. The van der Waals surface area contributed by atoms with Gasteiger partial charge in [0, 0.05) is 11.5 Å². The fourth-order valence-electron chi connectivity index (χ4n) is 1.92. The quantitative estimate of drug-likeness (QED) is 0.132. The van der Waals surface area contributed by atoms with Crippen LogP contribution in [0.5, 0.6) is 0 Å². The van der Waals surface area contributed by atoms with Crippen molar-refractivity contribution in [2.45, 2.75) is 52.4 Å². The van der Waals surface area contributed by atoms with Crippen LogP contribution in [0.1, 0.15) is 51.5 Å². The van der Waals surface area contributed by atoms with Crippen LogP contribution in [-0.2, 0) is 11.2 Å². The lowest BCUT2D eigenvalue weighted by molar-refractivity contribution is -0.104. The number of hydrogen-bond donors (Lipinski definition) is 0. The fourth-order valence-corrected chi connectivity index (χ4v) is 3.67. The van der Waals surface area contributed by atoms with Gasteiger partial charge >= 0.3 is 0 Å². The molecule has 0 fully saturated rings. The molecule has 0 bridgehead atoms. The molecule has 0 aliphatic heterocycles. The molecule has 0 saturated carbocycles. The standard InChI is InChI=1S/C11H16S2.C10H16O/c1-2-12-13-10-6-9-11-7-4-3-5-8-11;1-2-3-4-5-6-7-8-9-10-11/h3-5,7-8H,2,6,9-10H2,1H3;6-10H,2-5H2,1H3. The van der Waals surface area contributed by atoms with Crippen LogP contribution < -0.4 is 0 Å². The average molecular weight is 365 g/mol. The van der Waals surface area contributed by atoms with Gasteiger partial charge in [-0.15, -0.1) is 0 Å². The first-order chi connectivity index (χ1) is 11.8. The molecule has 0 aliphatic carbocycles. The first-order valence-electron chi connectivity index (χ1n) is 8.90. The average Bonchev–Trinajstić information content (AvgIpc) is 2.62. The lowest BCUT2D eigenvalue weighted by Gasteiger charge is -2.00. The molecular formula is C21H32OS2. The topological polar surface area (TPSA) is 17.1 Å². The summed E-state index contributed by atoms with van der Waals surface area (Å²) in [4.78, 5) is 9.82. The Morgan fingerprint density at radius 3 is 2.38 bits per heavy atom. The molecule has 134 valence electrons. The fraction of sp³-hybridized carbons (Fsp3) is 0.476. The summed E-state index contributed by atoms with van der Waals surface area (Å²) in [5, 5.41) is 0. The van der Waals surface area contributed by atoms with Crippen LogP contribution in [0.4, 0.5) is 0 Å². The van der Waals surface area contributed by atoms with E-state index < -0.39 is 0 Å². The van der Waals surface area contributed by atoms with Gasteiger partial charge in [0.1, 0.15) is 6.29 Å². The Morgan fingerprint density at radius 2 is 1.71 bits per heavy atom. The number of hydrogen-bond acceptors (Lipinski definition) is 3. The molecule has 24 heavy (non-hydrogen) atoms. The highest BCUT2D eigenvalue weighted by molar-refractivity contribution is 8.76. The summed E-state index contributed by atoms with van der Waals surface area (Å²) < 4.78 is 0. The predicted octanol–water partition coefficient (Wildman–Crippen LogP) is 6.90. The molecule has 0 amide bonds. The Bertz CT molecular complexity index is 427. The number of carbonyl (C=O) groups excluding carboxylic acids is 1. The third-order valence-electron chi connectivity index (χ3n) is 3.15. The summed E-state index contributed by atoms with van der Waals surface area (Å²) >= 11 is 0. The number of benzene rings is 1. The van der Waals surface area contributed by atoms with Crippen molar-refractivity contribution in [1.82, 2.24) is 0 Å². The zero-order valence-corrected chi connectivity index (χ0v) is 16.8. The highest BCUT2D eigenvalue weighted by atomic mass is 33.1. The van der Waals surface area contributed by atoms with E-state index in [1.165, 1.54) is 55.2 Å². The molecule has 0 saturated heterocycles. The molecule has 1 rings (SSSR count). The van der Waals surface area contributed by atoms with Gasteiger partial charge in [0.05, 0.1) is 0 Å². The van der Waals surface area contributed by atoms with Crippen LogP contribution in [0.25, 0.3) is 0 Å². The van der Waals surface area contributed by atoms with E-state index in [4.69, 9.17) is 0 Å². The van der Waals surface area contributed by atoms with Gasteiger partial charge in [0.2, 0.25) is 0 Å². The summed E-state index contributed by atoms with van der Waals surface area (Å²) in [5.41, 5.74) is 1.46. The first-order valence-corrected chi connectivity index (χ1v) is 11.4. The molecule has 3 heteroatoms. The van der Waals surface area contributed by atoms with Crippen molar-refractivity contribution < 1.29 is 4.79 Å². The summed E-state index contributed by atoms with van der Waals surface area (Å²) in [6, 6.07) is 10.7. The van der Waals surface area contributed by atoms with Gasteiger partial charge in [-0.25, -0.2) is 0 Å². The van der Waals surface area contributed by atoms with Gasteiger partial charge < -0.3 is 0 Å². The number of rotatable bonds is 12. The Kier molecular flexibility index (Phi) is 19.3. The van der Waals surface area contributed by atoms with E-state index in [0.29, 0.717) is 0 Å². The molecule has 1 nitrogen and oxygen atoms in total. The summed E-state index contributed by atoms with van der Waals surface area (Å²) in [6.07, 6.45) is 15.5. The van der Waals surface area contributed by atoms with Crippen LogP contribution in [0, 0.1) is 0 Å². The second-order valence-electron chi connectivity index (χ2n) is 5.26. The molecule has 1 aromatic rings. The Morgan fingerprint density at radius 1 is 0.917 bits per heavy atom. The maximum atomic E-state index is 9.82. The zero-order valence-electron chi connectivity index (χ0n) is 15.2. The lowest BCUT2D eigenvalue weighted by Crippen LogP contribution is -1.85. The zero-order chi connectivity index (χ0) is 17.7. The summed E-state index contributed by atoms with van der Waals surface area (Å²) in [6.45, 7) is 4.39. The van der Waals surface area contributed by atoms with E-state index in [-0.39, 0.29) is 0 Å². The number of carbonyl (C=O) groups is 1. The minimum Gasteiger partial charge on any atom is -0.299 e. The summed E-state index contributed by atoms with van der Waals surface area (Å²) in [5.74, 6) is 2.49. The van der Waals surface area contributed by atoms with Crippen molar-refractivity contribution in [3.8, 4) is 0 Å².